The normalized spacial score (nSPS) is 12.3. The molecule has 0 spiro atoms. The number of hydrogen-bond donors (Lipinski definition) is 0. The minimum Gasteiger partial charge on any atom is -0.338 e. The van der Waals surface area contributed by atoms with Crippen LogP contribution in [0.4, 0.5) is 13.2 Å². The monoisotopic (exact) mass is 303 g/mol. The highest BCUT2D eigenvalue weighted by Crippen LogP contribution is 2.26. The van der Waals surface area contributed by atoms with Crippen LogP contribution in [-0.4, -0.2) is 31.9 Å². The van der Waals surface area contributed by atoms with E-state index in [-0.39, 0.29) is 12.4 Å². The molecule has 0 aliphatic heterocycles. The van der Waals surface area contributed by atoms with Gasteiger partial charge in [0.2, 0.25) is 5.89 Å². The van der Waals surface area contributed by atoms with Crippen LogP contribution in [0, 0.1) is 6.92 Å². The maximum absolute atomic E-state index is 12.4. The first-order valence-electron chi connectivity index (χ1n) is 6.41. The van der Waals surface area contributed by atoms with Gasteiger partial charge >= 0.3 is 6.18 Å². The summed E-state index contributed by atoms with van der Waals surface area (Å²) in [6.45, 7) is 5.32. The van der Waals surface area contributed by atoms with E-state index in [9.17, 15) is 13.2 Å². The van der Waals surface area contributed by atoms with Crippen molar-refractivity contribution in [2.45, 2.75) is 39.7 Å². The Morgan fingerprint density at radius 3 is 2.57 bits per heavy atom. The Hall–Kier alpha value is -1.90. The highest BCUT2D eigenvalue weighted by atomic mass is 19.4. The standard InChI is InChI=1S/C12H16F3N5O/c1-4-20-6-9(8(2)17-20)5-19(3)7-10-16-11(18-21-10)12(13,14)15/h6H,4-5,7H2,1-3H3. The van der Waals surface area contributed by atoms with Crippen LogP contribution in [0.2, 0.25) is 0 Å². The van der Waals surface area contributed by atoms with Crippen molar-refractivity contribution in [1.82, 2.24) is 24.8 Å². The van der Waals surface area contributed by atoms with Gasteiger partial charge in [-0.25, -0.2) is 0 Å². The third kappa shape index (κ3) is 3.81. The number of nitrogens with zero attached hydrogens (tertiary/aromatic N) is 5. The summed E-state index contributed by atoms with van der Waals surface area (Å²) in [6.07, 6.45) is -2.67. The van der Waals surface area contributed by atoms with Crippen molar-refractivity contribution in [2.24, 2.45) is 0 Å². The predicted octanol–water partition coefficient (Wildman–Crippen LogP) is 2.25. The van der Waals surface area contributed by atoms with Crippen molar-refractivity contribution in [1.29, 1.82) is 0 Å². The van der Waals surface area contributed by atoms with E-state index in [1.165, 1.54) is 0 Å². The first-order chi connectivity index (χ1) is 9.79. The molecule has 2 aromatic rings. The van der Waals surface area contributed by atoms with Gasteiger partial charge in [-0.15, -0.1) is 0 Å². The summed E-state index contributed by atoms with van der Waals surface area (Å²) in [6, 6.07) is 0. The molecule has 0 saturated heterocycles. The second-order valence-corrected chi connectivity index (χ2v) is 4.78. The number of aryl methyl sites for hydroxylation is 2. The molecule has 0 aliphatic rings. The van der Waals surface area contributed by atoms with Gasteiger partial charge in [0.1, 0.15) is 0 Å². The fourth-order valence-corrected chi connectivity index (χ4v) is 1.89. The molecule has 0 saturated carbocycles. The molecule has 0 unspecified atom stereocenters. The number of halogens is 3. The van der Waals surface area contributed by atoms with E-state index in [4.69, 9.17) is 0 Å². The predicted molar refractivity (Wildman–Crippen MR) is 67.1 cm³/mol. The molecule has 2 rings (SSSR count). The van der Waals surface area contributed by atoms with Gasteiger partial charge in [0.05, 0.1) is 12.2 Å². The quantitative estimate of drug-likeness (QED) is 0.848. The summed E-state index contributed by atoms with van der Waals surface area (Å²) in [5.41, 5.74) is 1.90. The fraction of sp³-hybridized carbons (Fsp3) is 0.583. The third-order valence-electron chi connectivity index (χ3n) is 2.94. The highest BCUT2D eigenvalue weighted by Gasteiger charge is 2.37. The molecule has 0 bridgehead atoms. The maximum Gasteiger partial charge on any atom is 0.455 e. The summed E-state index contributed by atoms with van der Waals surface area (Å²) in [4.78, 5) is 5.13. The molecule has 0 fully saturated rings. The first-order valence-corrected chi connectivity index (χ1v) is 6.41. The summed E-state index contributed by atoms with van der Waals surface area (Å²) in [5.74, 6) is -1.31. The molecule has 9 heteroatoms. The summed E-state index contributed by atoms with van der Waals surface area (Å²) in [7, 11) is 1.76. The van der Waals surface area contributed by atoms with Gasteiger partial charge in [0.25, 0.3) is 5.82 Å². The zero-order chi connectivity index (χ0) is 15.6. The smallest absolute Gasteiger partial charge is 0.338 e. The van der Waals surface area contributed by atoms with E-state index in [0.717, 1.165) is 17.8 Å². The fourth-order valence-electron chi connectivity index (χ4n) is 1.89. The summed E-state index contributed by atoms with van der Waals surface area (Å²) >= 11 is 0. The second-order valence-electron chi connectivity index (χ2n) is 4.78. The Morgan fingerprint density at radius 1 is 1.33 bits per heavy atom. The summed E-state index contributed by atoms with van der Waals surface area (Å²) < 4.78 is 43.5. The Kier molecular flexibility index (Phi) is 4.31. The number of alkyl halides is 3. The lowest BCUT2D eigenvalue weighted by atomic mass is 10.2. The number of hydrogen-bond acceptors (Lipinski definition) is 5. The summed E-state index contributed by atoms with van der Waals surface area (Å²) in [5, 5.41) is 7.24. The van der Waals surface area contributed by atoms with E-state index in [1.54, 1.807) is 11.9 Å². The van der Waals surface area contributed by atoms with Crippen LogP contribution in [0.1, 0.15) is 29.9 Å². The molecule has 6 nitrogen and oxygen atoms in total. The van der Waals surface area contributed by atoms with Crippen LogP contribution in [0.15, 0.2) is 10.7 Å². The molecular formula is C12H16F3N5O. The Morgan fingerprint density at radius 2 is 2.05 bits per heavy atom. The molecule has 0 N–H and O–H groups in total. The lowest BCUT2D eigenvalue weighted by molar-refractivity contribution is -0.146. The SMILES string of the molecule is CCn1cc(CN(C)Cc2nc(C(F)(F)F)no2)c(C)n1. The van der Waals surface area contributed by atoms with Crippen LogP contribution in [-0.2, 0) is 25.8 Å². The van der Waals surface area contributed by atoms with Gasteiger partial charge in [-0.2, -0.15) is 23.3 Å². The van der Waals surface area contributed by atoms with Gasteiger partial charge in [-0.3, -0.25) is 9.58 Å². The van der Waals surface area contributed by atoms with Crippen molar-refractivity contribution in [3.8, 4) is 0 Å². The van der Waals surface area contributed by atoms with Crippen LogP contribution < -0.4 is 0 Å². The zero-order valence-electron chi connectivity index (χ0n) is 12.0. The average Bonchev–Trinajstić information content (AvgIpc) is 2.96. The Bertz CT molecular complexity index is 604. The van der Waals surface area contributed by atoms with Gasteiger partial charge in [0, 0.05) is 24.8 Å². The number of rotatable bonds is 5. The van der Waals surface area contributed by atoms with Crippen molar-refractivity contribution >= 4 is 0 Å². The molecule has 2 aromatic heterocycles. The van der Waals surface area contributed by atoms with Crippen LogP contribution >= 0.6 is 0 Å². The first kappa shape index (κ1) is 15.5. The van der Waals surface area contributed by atoms with Gasteiger partial charge in [0.15, 0.2) is 0 Å². The van der Waals surface area contributed by atoms with Gasteiger partial charge in [-0.05, 0) is 20.9 Å². The number of aromatic nitrogens is 4. The molecule has 116 valence electrons. The average molecular weight is 303 g/mol. The molecule has 2 heterocycles. The molecule has 0 atom stereocenters. The largest absolute Gasteiger partial charge is 0.455 e. The van der Waals surface area contributed by atoms with Gasteiger partial charge < -0.3 is 4.52 Å². The minimum atomic E-state index is -4.58. The second kappa shape index (κ2) is 5.84. The topological polar surface area (TPSA) is 60.0 Å². The van der Waals surface area contributed by atoms with E-state index in [0.29, 0.717) is 6.54 Å². The lowest BCUT2D eigenvalue weighted by Gasteiger charge is -2.13. The lowest BCUT2D eigenvalue weighted by Crippen LogP contribution is -2.18. The van der Waals surface area contributed by atoms with Crippen molar-refractivity contribution in [2.75, 3.05) is 7.05 Å². The van der Waals surface area contributed by atoms with Crippen LogP contribution in [0.5, 0.6) is 0 Å². The zero-order valence-corrected chi connectivity index (χ0v) is 12.0. The van der Waals surface area contributed by atoms with Crippen molar-refractivity contribution in [3.63, 3.8) is 0 Å². The van der Waals surface area contributed by atoms with Crippen molar-refractivity contribution < 1.29 is 17.7 Å². The van der Waals surface area contributed by atoms with Crippen molar-refractivity contribution in [3.05, 3.63) is 29.2 Å². The Labute approximate surface area is 119 Å². The molecule has 0 aliphatic carbocycles. The van der Waals surface area contributed by atoms with Gasteiger partial charge in [-0.1, -0.05) is 5.16 Å². The molecular weight excluding hydrogens is 287 g/mol. The minimum absolute atomic E-state index is 0.0645. The third-order valence-corrected chi connectivity index (χ3v) is 2.94. The molecule has 21 heavy (non-hydrogen) atoms. The van der Waals surface area contributed by atoms with E-state index < -0.39 is 12.0 Å². The van der Waals surface area contributed by atoms with E-state index >= 15 is 0 Å². The molecule has 0 radical (unpaired) electrons. The molecule has 0 amide bonds. The van der Waals surface area contributed by atoms with Crippen LogP contribution in [0.3, 0.4) is 0 Å². The maximum atomic E-state index is 12.4. The van der Waals surface area contributed by atoms with Crippen LogP contribution in [0.25, 0.3) is 0 Å². The molecule has 0 aromatic carbocycles. The van der Waals surface area contributed by atoms with E-state index in [1.807, 2.05) is 24.7 Å². The Balaban J connectivity index is 1.99. The highest BCUT2D eigenvalue weighted by molar-refractivity contribution is 5.15. The van der Waals surface area contributed by atoms with E-state index in [2.05, 4.69) is 19.8 Å².